The number of rotatable bonds is 8. The van der Waals surface area contributed by atoms with E-state index in [1.165, 1.54) is 5.56 Å². The van der Waals surface area contributed by atoms with Gasteiger partial charge in [-0.15, -0.1) is 24.0 Å². The third-order valence-corrected chi connectivity index (χ3v) is 6.58. The Morgan fingerprint density at radius 1 is 1.22 bits per heavy atom. The van der Waals surface area contributed by atoms with E-state index in [0.29, 0.717) is 17.9 Å². The van der Waals surface area contributed by atoms with Gasteiger partial charge in [0.25, 0.3) is 0 Å². The van der Waals surface area contributed by atoms with Crippen molar-refractivity contribution in [3.05, 3.63) is 52.7 Å². The second kappa shape index (κ2) is 11.7. The minimum atomic E-state index is -3.34. The minimum absolute atomic E-state index is 0. The van der Waals surface area contributed by atoms with Gasteiger partial charge in [0.05, 0.1) is 10.6 Å². The summed E-state index contributed by atoms with van der Waals surface area (Å²) < 4.78 is 25.3. The fraction of sp³-hybridized carbons (Fsp3) is 0.421. The first-order chi connectivity index (χ1) is 12.5. The van der Waals surface area contributed by atoms with Crippen LogP contribution in [0.2, 0.25) is 0 Å². The Morgan fingerprint density at radius 2 is 1.93 bits per heavy atom. The molecule has 0 fully saturated rings. The Hall–Kier alpha value is -1.13. The fourth-order valence-corrected chi connectivity index (χ4v) is 4.86. The molecule has 0 amide bonds. The topological polar surface area (TPSA) is 61.8 Å². The van der Waals surface area contributed by atoms with Crippen molar-refractivity contribution in [2.24, 2.45) is 4.99 Å². The number of sulfone groups is 1. The predicted molar refractivity (Wildman–Crippen MR) is 125 cm³/mol. The Morgan fingerprint density at radius 3 is 2.48 bits per heavy atom. The Balaban J connectivity index is 0.00000364. The average molecular weight is 521 g/mol. The fourth-order valence-electron chi connectivity index (χ4n) is 2.59. The average Bonchev–Trinajstić information content (AvgIpc) is 3.14. The number of guanidine groups is 1. The summed E-state index contributed by atoms with van der Waals surface area (Å²) in [6.07, 6.45) is 0.696. The molecule has 8 heteroatoms. The lowest BCUT2D eigenvalue weighted by Crippen LogP contribution is -2.46. The van der Waals surface area contributed by atoms with Crippen LogP contribution in [0, 0.1) is 0 Å². The number of hydrogen-bond acceptors (Lipinski definition) is 4. The van der Waals surface area contributed by atoms with Gasteiger partial charge in [-0.2, -0.15) is 11.3 Å². The molecule has 2 rings (SSSR count). The highest BCUT2D eigenvalue weighted by atomic mass is 127. The molecule has 1 aromatic heterocycles. The highest BCUT2D eigenvalue weighted by Gasteiger charge is 2.22. The van der Waals surface area contributed by atoms with Gasteiger partial charge in [-0.25, -0.2) is 8.42 Å². The maximum absolute atomic E-state index is 12.7. The van der Waals surface area contributed by atoms with Crippen LogP contribution in [0.4, 0.5) is 0 Å². The van der Waals surface area contributed by atoms with E-state index in [9.17, 15) is 8.42 Å². The number of nitrogens with zero attached hydrogens (tertiary/aromatic N) is 2. The van der Waals surface area contributed by atoms with Crippen LogP contribution in [0.15, 0.2) is 57.0 Å². The first-order valence-corrected chi connectivity index (χ1v) is 11.4. The summed E-state index contributed by atoms with van der Waals surface area (Å²) in [4.78, 5) is 6.93. The van der Waals surface area contributed by atoms with E-state index in [1.807, 2.05) is 31.9 Å². The van der Waals surface area contributed by atoms with Crippen molar-refractivity contribution < 1.29 is 8.42 Å². The number of nitrogens with one attached hydrogen (secondary N) is 1. The minimum Gasteiger partial charge on any atom is -0.352 e. The molecule has 0 saturated heterocycles. The molecule has 0 aliphatic heterocycles. The van der Waals surface area contributed by atoms with Crippen LogP contribution in [0.1, 0.15) is 25.8 Å². The summed E-state index contributed by atoms with van der Waals surface area (Å²) in [5.74, 6) is 0.775. The molecule has 2 aromatic rings. The largest absolute Gasteiger partial charge is 0.352 e. The van der Waals surface area contributed by atoms with Gasteiger partial charge in [-0.05, 0) is 47.9 Å². The van der Waals surface area contributed by atoms with Gasteiger partial charge in [0.2, 0.25) is 0 Å². The van der Waals surface area contributed by atoms with Gasteiger partial charge in [0.15, 0.2) is 15.8 Å². The lowest BCUT2D eigenvalue weighted by atomic mass is 10.2. The molecule has 1 atom stereocenters. The van der Waals surface area contributed by atoms with Crippen molar-refractivity contribution in [3.8, 4) is 0 Å². The molecule has 1 heterocycles. The summed E-state index contributed by atoms with van der Waals surface area (Å²) in [5, 5.41) is 7.50. The van der Waals surface area contributed by atoms with E-state index >= 15 is 0 Å². The molecule has 0 bridgehead atoms. The second-order valence-electron chi connectivity index (χ2n) is 6.13. The predicted octanol–water partition coefficient (Wildman–Crippen LogP) is 4.02. The molecule has 0 spiro atoms. The molecule has 0 aliphatic carbocycles. The summed E-state index contributed by atoms with van der Waals surface area (Å²) in [7, 11) is -1.37. The van der Waals surface area contributed by atoms with Crippen molar-refractivity contribution in [2.75, 3.05) is 19.3 Å². The van der Waals surface area contributed by atoms with E-state index in [0.717, 1.165) is 12.5 Å². The molecular formula is C19H28IN3O2S2. The van der Waals surface area contributed by atoms with Crippen LogP contribution in [0.25, 0.3) is 0 Å². The van der Waals surface area contributed by atoms with Crippen molar-refractivity contribution in [3.63, 3.8) is 0 Å². The van der Waals surface area contributed by atoms with Crippen LogP contribution >= 0.6 is 35.3 Å². The molecule has 5 nitrogen and oxygen atoms in total. The SMILES string of the molecule is CCN=C(NC(CC)CS(=O)(=O)c1ccccc1)N(C)Cc1ccsc1.I. The quantitative estimate of drug-likeness (QED) is 0.324. The van der Waals surface area contributed by atoms with Gasteiger partial charge in [0, 0.05) is 26.2 Å². The zero-order valence-corrected chi connectivity index (χ0v) is 19.9. The van der Waals surface area contributed by atoms with Gasteiger partial charge < -0.3 is 10.2 Å². The molecule has 0 aliphatic rings. The van der Waals surface area contributed by atoms with Crippen LogP contribution in [-0.2, 0) is 16.4 Å². The number of benzene rings is 1. The Kier molecular flexibility index (Phi) is 10.3. The number of aliphatic imine (C=N–C) groups is 1. The molecule has 1 aromatic carbocycles. The van der Waals surface area contributed by atoms with Crippen LogP contribution in [-0.4, -0.2) is 44.7 Å². The van der Waals surface area contributed by atoms with E-state index in [4.69, 9.17) is 0 Å². The van der Waals surface area contributed by atoms with Crippen LogP contribution in [0.5, 0.6) is 0 Å². The van der Waals surface area contributed by atoms with Gasteiger partial charge in [0.1, 0.15) is 0 Å². The number of halogens is 1. The zero-order valence-electron chi connectivity index (χ0n) is 16.0. The molecular weight excluding hydrogens is 493 g/mol. The molecule has 1 unspecified atom stereocenters. The Labute approximate surface area is 183 Å². The van der Waals surface area contributed by atoms with E-state index < -0.39 is 9.84 Å². The van der Waals surface area contributed by atoms with Gasteiger partial charge >= 0.3 is 0 Å². The molecule has 0 saturated carbocycles. The lowest BCUT2D eigenvalue weighted by Gasteiger charge is -2.26. The van der Waals surface area contributed by atoms with Crippen molar-refractivity contribution in [2.45, 2.75) is 37.8 Å². The van der Waals surface area contributed by atoms with Gasteiger partial charge in [-0.3, -0.25) is 4.99 Å². The monoisotopic (exact) mass is 521 g/mol. The number of thiophene rings is 1. The Bertz CT molecular complexity index is 794. The molecule has 0 radical (unpaired) electrons. The third-order valence-electron chi connectivity index (χ3n) is 4.02. The maximum Gasteiger partial charge on any atom is 0.194 e. The van der Waals surface area contributed by atoms with Crippen molar-refractivity contribution in [1.82, 2.24) is 10.2 Å². The van der Waals surface area contributed by atoms with E-state index in [2.05, 4.69) is 27.1 Å². The highest BCUT2D eigenvalue weighted by Crippen LogP contribution is 2.13. The first kappa shape index (κ1) is 23.9. The summed E-state index contributed by atoms with van der Waals surface area (Å²) in [6.45, 7) is 5.33. The van der Waals surface area contributed by atoms with Crippen molar-refractivity contribution in [1.29, 1.82) is 0 Å². The van der Waals surface area contributed by atoms with Crippen molar-refractivity contribution >= 4 is 51.1 Å². The second-order valence-corrected chi connectivity index (χ2v) is 8.94. The van der Waals surface area contributed by atoms with Gasteiger partial charge in [-0.1, -0.05) is 25.1 Å². The molecule has 1 N–H and O–H groups in total. The normalized spacial score (nSPS) is 12.9. The molecule has 150 valence electrons. The highest BCUT2D eigenvalue weighted by molar-refractivity contribution is 14.0. The number of hydrogen-bond donors (Lipinski definition) is 1. The molecule has 27 heavy (non-hydrogen) atoms. The summed E-state index contributed by atoms with van der Waals surface area (Å²) >= 11 is 1.66. The third kappa shape index (κ3) is 7.42. The lowest BCUT2D eigenvalue weighted by molar-refractivity contribution is 0.459. The maximum atomic E-state index is 12.7. The van der Waals surface area contributed by atoms with E-state index in [1.54, 1.807) is 35.6 Å². The smallest absolute Gasteiger partial charge is 0.194 e. The van der Waals surface area contributed by atoms with Crippen LogP contribution < -0.4 is 5.32 Å². The first-order valence-electron chi connectivity index (χ1n) is 8.77. The van der Waals surface area contributed by atoms with E-state index in [-0.39, 0.29) is 35.8 Å². The standard InChI is InChI=1S/C19H27N3O2S2.HI/c1-4-17(15-26(23,24)18-9-7-6-8-10-18)21-19(20-5-2)22(3)13-16-11-12-25-14-16;/h6-12,14,17H,4-5,13,15H2,1-3H3,(H,20,21);1H. The summed E-state index contributed by atoms with van der Waals surface area (Å²) in [5.41, 5.74) is 1.22. The summed E-state index contributed by atoms with van der Waals surface area (Å²) in [6, 6.07) is 10.5. The van der Waals surface area contributed by atoms with Crippen LogP contribution in [0.3, 0.4) is 0 Å². The zero-order chi connectivity index (χ0) is 19.0.